The molecule has 0 aliphatic carbocycles. The molecule has 1 aliphatic heterocycles. The van der Waals surface area contributed by atoms with E-state index in [1.54, 1.807) is 0 Å². The first-order valence-corrected chi connectivity index (χ1v) is 8.14. The van der Waals surface area contributed by atoms with Crippen LogP contribution < -0.4 is 10.2 Å². The Hall–Kier alpha value is -2.70. The van der Waals surface area contributed by atoms with E-state index in [0.29, 0.717) is 5.82 Å². The summed E-state index contributed by atoms with van der Waals surface area (Å²) < 4.78 is 0. The van der Waals surface area contributed by atoms with Gasteiger partial charge in [-0.15, -0.1) is 0 Å². The van der Waals surface area contributed by atoms with Crippen molar-refractivity contribution in [3.8, 4) is 0 Å². The molecule has 126 valence electrons. The summed E-state index contributed by atoms with van der Waals surface area (Å²) in [5.74, 6) is 0.641. The van der Waals surface area contributed by atoms with Crippen molar-refractivity contribution in [1.82, 2.24) is 9.97 Å². The third-order valence-corrected chi connectivity index (χ3v) is 4.13. The molecule has 1 aromatic carbocycles. The van der Waals surface area contributed by atoms with Crippen LogP contribution in [-0.4, -0.2) is 28.0 Å². The summed E-state index contributed by atoms with van der Waals surface area (Å²) in [6.07, 6.45) is 4.60. The van der Waals surface area contributed by atoms with Crippen LogP contribution >= 0.6 is 0 Å². The second-order valence-corrected chi connectivity index (χ2v) is 6.20. The molecule has 1 N–H and O–H groups in total. The number of nitro groups is 1. The highest BCUT2D eigenvalue weighted by Gasteiger charge is 2.28. The highest BCUT2D eigenvalue weighted by molar-refractivity contribution is 5.74. The molecule has 24 heavy (non-hydrogen) atoms. The van der Waals surface area contributed by atoms with Crippen LogP contribution in [0.2, 0.25) is 0 Å². The Morgan fingerprint density at radius 3 is 2.38 bits per heavy atom. The molecule has 0 radical (unpaired) electrons. The molecule has 0 unspecified atom stereocenters. The van der Waals surface area contributed by atoms with E-state index in [1.807, 2.05) is 30.9 Å². The summed E-state index contributed by atoms with van der Waals surface area (Å²) in [7, 11) is 0. The van der Waals surface area contributed by atoms with Crippen LogP contribution in [0.4, 0.5) is 23.0 Å². The molecular formula is C17H21N5O2. The number of rotatable bonds is 4. The maximum atomic E-state index is 11.7. The Kier molecular flexibility index (Phi) is 4.59. The van der Waals surface area contributed by atoms with E-state index in [-0.39, 0.29) is 11.5 Å². The van der Waals surface area contributed by atoms with Crippen molar-refractivity contribution in [3.05, 3.63) is 45.8 Å². The van der Waals surface area contributed by atoms with Gasteiger partial charge in [0.15, 0.2) is 0 Å². The van der Waals surface area contributed by atoms with Gasteiger partial charge in [0.1, 0.15) is 6.33 Å². The van der Waals surface area contributed by atoms with Crippen LogP contribution in [0.1, 0.15) is 30.4 Å². The molecule has 2 aromatic rings. The molecule has 1 aliphatic rings. The molecule has 1 aromatic heterocycles. The van der Waals surface area contributed by atoms with Crippen molar-refractivity contribution in [2.45, 2.75) is 33.1 Å². The SMILES string of the molecule is Cc1cc(C)cc(Nc2ncnc(N3CCCCC3)c2[N+](=O)[O-])c1. The van der Waals surface area contributed by atoms with Crippen molar-refractivity contribution in [2.24, 2.45) is 0 Å². The monoisotopic (exact) mass is 327 g/mol. The first-order valence-electron chi connectivity index (χ1n) is 8.14. The normalized spacial score (nSPS) is 14.5. The maximum Gasteiger partial charge on any atom is 0.353 e. The summed E-state index contributed by atoms with van der Waals surface area (Å²) in [4.78, 5) is 21.6. The van der Waals surface area contributed by atoms with Gasteiger partial charge in [0.25, 0.3) is 0 Å². The van der Waals surface area contributed by atoms with Crippen molar-refractivity contribution in [2.75, 3.05) is 23.3 Å². The third kappa shape index (κ3) is 3.45. The van der Waals surface area contributed by atoms with E-state index in [2.05, 4.69) is 21.4 Å². The van der Waals surface area contributed by atoms with Crippen molar-refractivity contribution in [3.63, 3.8) is 0 Å². The van der Waals surface area contributed by atoms with Crippen molar-refractivity contribution in [1.29, 1.82) is 0 Å². The molecule has 0 spiro atoms. The molecule has 0 amide bonds. The number of benzene rings is 1. The zero-order valence-corrected chi connectivity index (χ0v) is 14.0. The second-order valence-electron chi connectivity index (χ2n) is 6.20. The fraction of sp³-hybridized carbons (Fsp3) is 0.412. The van der Waals surface area contributed by atoms with E-state index >= 15 is 0 Å². The number of hydrogen-bond acceptors (Lipinski definition) is 6. The van der Waals surface area contributed by atoms with E-state index in [4.69, 9.17) is 0 Å². The van der Waals surface area contributed by atoms with Gasteiger partial charge in [0, 0.05) is 18.8 Å². The highest BCUT2D eigenvalue weighted by Crippen LogP contribution is 2.34. The quantitative estimate of drug-likeness (QED) is 0.680. The average Bonchev–Trinajstić information content (AvgIpc) is 2.54. The van der Waals surface area contributed by atoms with Crippen molar-refractivity contribution < 1.29 is 4.92 Å². The average molecular weight is 327 g/mol. The number of piperidine rings is 1. The molecule has 3 rings (SSSR count). The van der Waals surface area contributed by atoms with Gasteiger partial charge in [-0.25, -0.2) is 9.97 Å². The number of aryl methyl sites for hydroxylation is 2. The van der Waals surface area contributed by atoms with Gasteiger partial charge in [-0.1, -0.05) is 6.07 Å². The predicted molar refractivity (Wildman–Crippen MR) is 93.9 cm³/mol. The summed E-state index contributed by atoms with van der Waals surface area (Å²) in [6, 6.07) is 5.94. The second kappa shape index (κ2) is 6.82. The van der Waals surface area contributed by atoms with Gasteiger partial charge < -0.3 is 10.2 Å². The molecular weight excluding hydrogens is 306 g/mol. The lowest BCUT2D eigenvalue weighted by atomic mass is 10.1. The molecule has 0 atom stereocenters. The zero-order valence-electron chi connectivity index (χ0n) is 14.0. The molecule has 2 heterocycles. The molecule has 0 saturated carbocycles. The van der Waals surface area contributed by atoms with Crippen LogP contribution in [0.5, 0.6) is 0 Å². The van der Waals surface area contributed by atoms with Crippen LogP contribution in [-0.2, 0) is 0 Å². The predicted octanol–water partition coefficient (Wildman–Crippen LogP) is 3.74. The number of anilines is 3. The fourth-order valence-corrected chi connectivity index (χ4v) is 3.15. The smallest absolute Gasteiger partial charge is 0.351 e. The van der Waals surface area contributed by atoms with Crippen LogP contribution in [0.3, 0.4) is 0 Å². The first-order chi connectivity index (χ1) is 11.5. The van der Waals surface area contributed by atoms with Gasteiger partial charge in [0.05, 0.1) is 4.92 Å². The molecule has 1 saturated heterocycles. The first kappa shape index (κ1) is 16.2. The zero-order chi connectivity index (χ0) is 17.1. The summed E-state index contributed by atoms with van der Waals surface area (Å²) >= 11 is 0. The van der Waals surface area contributed by atoms with Gasteiger partial charge in [-0.05, 0) is 56.4 Å². The molecule has 0 bridgehead atoms. The lowest BCUT2D eigenvalue weighted by Crippen LogP contribution is -2.31. The topological polar surface area (TPSA) is 84.2 Å². The Balaban J connectivity index is 1.99. The van der Waals surface area contributed by atoms with Crippen LogP contribution in [0, 0.1) is 24.0 Å². The van der Waals surface area contributed by atoms with Crippen LogP contribution in [0.25, 0.3) is 0 Å². The van der Waals surface area contributed by atoms with E-state index in [9.17, 15) is 10.1 Å². The molecule has 7 nitrogen and oxygen atoms in total. The number of aromatic nitrogens is 2. The summed E-state index contributed by atoms with van der Waals surface area (Å²) in [5.41, 5.74) is 2.91. The lowest BCUT2D eigenvalue weighted by molar-refractivity contribution is -0.383. The highest BCUT2D eigenvalue weighted by atomic mass is 16.6. The minimum absolute atomic E-state index is 0.0569. The minimum Gasteiger partial charge on any atom is -0.351 e. The van der Waals surface area contributed by atoms with Gasteiger partial charge >= 0.3 is 5.69 Å². The maximum absolute atomic E-state index is 11.7. The Bertz CT molecular complexity index is 736. The van der Waals surface area contributed by atoms with Crippen molar-refractivity contribution >= 4 is 23.0 Å². The van der Waals surface area contributed by atoms with E-state index < -0.39 is 4.92 Å². The summed E-state index contributed by atoms with van der Waals surface area (Å²) in [5, 5.41) is 14.8. The van der Waals surface area contributed by atoms with Gasteiger partial charge in [-0.2, -0.15) is 0 Å². The number of nitrogens with zero attached hydrogens (tertiary/aromatic N) is 4. The fourth-order valence-electron chi connectivity index (χ4n) is 3.15. The van der Waals surface area contributed by atoms with Gasteiger partial charge in [0.2, 0.25) is 11.6 Å². The van der Waals surface area contributed by atoms with Crippen LogP contribution in [0.15, 0.2) is 24.5 Å². The van der Waals surface area contributed by atoms with Gasteiger partial charge in [-0.3, -0.25) is 10.1 Å². The Morgan fingerprint density at radius 1 is 1.08 bits per heavy atom. The standard InChI is InChI=1S/C17H21N5O2/c1-12-8-13(2)10-14(9-12)20-16-15(22(23)24)17(19-11-18-16)21-6-4-3-5-7-21/h8-11H,3-7H2,1-2H3,(H,18,19,20). The summed E-state index contributed by atoms with van der Waals surface area (Å²) in [6.45, 7) is 5.57. The number of hydrogen-bond donors (Lipinski definition) is 1. The third-order valence-electron chi connectivity index (χ3n) is 4.13. The lowest BCUT2D eigenvalue weighted by Gasteiger charge is -2.27. The molecule has 7 heteroatoms. The molecule has 1 fully saturated rings. The van der Waals surface area contributed by atoms with E-state index in [0.717, 1.165) is 49.2 Å². The largest absolute Gasteiger partial charge is 0.353 e. The van der Waals surface area contributed by atoms with E-state index in [1.165, 1.54) is 6.33 Å². The Labute approximate surface area is 140 Å². The minimum atomic E-state index is -0.394. The number of nitrogens with one attached hydrogen (secondary N) is 1. The Morgan fingerprint density at radius 2 is 1.75 bits per heavy atom.